The number of amides is 1. The lowest BCUT2D eigenvalue weighted by Gasteiger charge is -2.21. The van der Waals surface area contributed by atoms with Gasteiger partial charge < -0.3 is 10.2 Å². The highest BCUT2D eigenvalue weighted by molar-refractivity contribution is 9.10. The molecule has 0 radical (unpaired) electrons. The number of thiocarbonyl (C=S) groups is 1. The molecule has 2 atom stereocenters. The highest BCUT2D eigenvalue weighted by atomic mass is 79.9. The quantitative estimate of drug-likeness (QED) is 0.607. The number of benzene rings is 1. The molecular formula is C18H17BrClF3N4OS. The number of hydrogen-bond donors (Lipinski definition) is 1. The van der Waals surface area contributed by atoms with E-state index < -0.39 is 35.0 Å². The average Bonchev–Trinajstić information content (AvgIpc) is 3.01. The fourth-order valence-electron chi connectivity index (χ4n) is 3.53. The fourth-order valence-corrected chi connectivity index (χ4v) is 4.98. The zero-order valence-corrected chi connectivity index (χ0v) is 18.8. The summed E-state index contributed by atoms with van der Waals surface area (Å²) in [5.41, 5.74) is -0.570. The lowest BCUT2D eigenvalue weighted by molar-refractivity contribution is -0.118. The highest BCUT2D eigenvalue weighted by Gasteiger charge is 2.44. The summed E-state index contributed by atoms with van der Waals surface area (Å²) < 4.78 is 43.9. The van der Waals surface area contributed by atoms with Crippen LogP contribution in [0.15, 0.2) is 22.8 Å². The Kier molecular flexibility index (Phi) is 5.99. The molecule has 1 amide bonds. The van der Waals surface area contributed by atoms with Gasteiger partial charge in [0.2, 0.25) is 5.91 Å². The van der Waals surface area contributed by atoms with Gasteiger partial charge in [-0.05, 0) is 28.1 Å². The minimum absolute atomic E-state index is 0.296. The molecule has 0 saturated carbocycles. The number of hydrogen-bond acceptors (Lipinski definition) is 3. The largest absolute Gasteiger partial charge is 0.368 e. The summed E-state index contributed by atoms with van der Waals surface area (Å²) in [4.78, 5) is 15.2. The molecule has 5 nitrogen and oxygen atoms in total. The standard InChI is InChI=1S/C18H17BrClF3N4OS/c1-18(22,23)13-9(21)5-4-6-10(13)24-16(28)12-8(7-26(2)17(12)29)11-14(19)25-27(3)15(11)20/h4-6,8,12H,7H2,1-3H3,(H,24,28)/t8-,12+/m1/s1. The second kappa shape index (κ2) is 7.88. The first-order chi connectivity index (χ1) is 13.4. The van der Waals surface area contributed by atoms with Crippen molar-refractivity contribution in [3.05, 3.63) is 44.9 Å². The second-order valence-corrected chi connectivity index (χ2v) is 8.49. The monoisotopic (exact) mass is 508 g/mol. The SMILES string of the molecule is CN1C[C@H](c2c(Br)nn(C)c2Cl)[C@@H](C(=O)Nc2cccc(F)c2C(C)(F)F)C1=S. The normalized spacial score (nSPS) is 19.7. The first-order valence-electron chi connectivity index (χ1n) is 8.54. The first-order valence-corrected chi connectivity index (χ1v) is 10.1. The van der Waals surface area contributed by atoms with Gasteiger partial charge in [0.05, 0.1) is 22.2 Å². The van der Waals surface area contributed by atoms with Crippen molar-refractivity contribution < 1.29 is 18.0 Å². The number of carbonyl (C=O) groups is 1. The molecule has 1 fully saturated rings. The van der Waals surface area contributed by atoms with E-state index in [1.54, 1.807) is 19.0 Å². The van der Waals surface area contributed by atoms with Crippen molar-refractivity contribution in [2.45, 2.75) is 18.8 Å². The Bertz CT molecular complexity index is 994. The molecule has 1 aromatic carbocycles. The number of alkyl halides is 2. The van der Waals surface area contributed by atoms with Gasteiger partial charge in [0.15, 0.2) is 0 Å². The number of nitrogens with zero attached hydrogens (tertiary/aromatic N) is 3. The molecule has 3 rings (SSSR count). The molecule has 0 bridgehead atoms. The number of carbonyl (C=O) groups excluding carboxylic acids is 1. The van der Waals surface area contributed by atoms with Crippen molar-refractivity contribution >= 4 is 56.3 Å². The van der Waals surface area contributed by atoms with Crippen LogP contribution in [0.5, 0.6) is 0 Å². The third kappa shape index (κ3) is 4.02. The van der Waals surface area contributed by atoms with E-state index in [1.165, 1.54) is 16.8 Å². The minimum atomic E-state index is -3.48. The highest BCUT2D eigenvalue weighted by Crippen LogP contribution is 2.42. The number of aryl methyl sites for hydroxylation is 1. The number of rotatable bonds is 4. The Hall–Kier alpha value is -1.65. The lowest BCUT2D eigenvalue weighted by Crippen LogP contribution is -2.32. The van der Waals surface area contributed by atoms with Crippen LogP contribution in [0.4, 0.5) is 18.9 Å². The van der Waals surface area contributed by atoms with Crippen molar-refractivity contribution in [3.63, 3.8) is 0 Å². The number of aromatic nitrogens is 2. The summed E-state index contributed by atoms with van der Waals surface area (Å²) in [6.45, 7) is 0.964. The number of likely N-dealkylation sites (N-methyl/N-ethyl adjacent to an activating group) is 1. The first kappa shape index (κ1) is 22.0. The van der Waals surface area contributed by atoms with Crippen molar-refractivity contribution in [2.24, 2.45) is 13.0 Å². The molecule has 1 N–H and O–H groups in total. The van der Waals surface area contributed by atoms with E-state index in [0.717, 1.165) is 6.07 Å². The van der Waals surface area contributed by atoms with Crippen LogP contribution >= 0.6 is 39.7 Å². The molecule has 2 heterocycles. The van der Waals surface area contributed by atoms with Crippen LogP contribution < -0.4 is 5.32 Å². The van der Waals surface area contributed by atoms with Crippen LogP contribution in [0.3, 0.4) is 0 Å². The summed E-state index contributed by atoms with van der Waals surface area (Å²) in [5.74, 6) is -6.52. The Labute approximate surface area is 184 Å². The number of nitrogens with one attached hydrogen (secondary N) is 1. The van der Waals surface area contributed by atoms with Gasteiger partial charge in [0.1, 0.15) is 15.6 Å². The number of likely N-dealkylation sites (tertiary alicyclic amines) is 1. The van der Waals surface area contributed by atoms with Gasteiger partial charge in [-0.15, -0.1) is 0 Å². The van der Waals surface area contributed by atoms with Crippen molar-refractivity contribution in [3.8, 4) is 0 Å². The van der Waals surface area contributed by atoms with Gasteiger partial charge in [-0.25, -0.2) is 13.2 Å². The number of halogens is 5. The van der Waals surface area contributed by atoms with Crippen LogP contribution in [-0.4, -0.2) is 39.2 Å². The molecule has 1 aliphatic heterocycles. The van der Waals surface area contributed by atoms with E-state index in [2.05, 4.69) is 26.3 Å². The summed E-state index contributed by atoms with van der Waals surface area (Å²) in [6.07, 6.45) is 0. The van der Waals surface area contributed by atoms with E-state index in [0.29, 0.717) is 33.8 Å². The predicted octanol–water partition coefficient (Wildman–Crippen LogP) is 4.70. The summed E-state index contributed by atoms with van der Waals surface area (Å²) >= 11 is 15.1. The molecule has 2 aromatic rings. The predicted molar refractivity (Wildman–Crippen MR) is 112 cm³/mol. The maximum atomic E-state index is 14.1. The molecule has 0 aliphatic carbocycles. The van der Waals surface area contributed by atoms with Crippen LogP contribution in [-0.2, 0) is 17.8 Å². The Morgan fingerprint density at radius 3 is 2.62 bits per heavy atom. The van der Waals surface area contributed by atoms with Gasteiger partial charge in [0.25, 0.3) is 5.92 Å². The molecular weight excluding hydrogens is 493 g/mol. The van der Waals surface area contributed by atoms with Crippen molar-refractivity contribution in [1.82, 2.24) is 14.7 Å². The molecule has 0 spiro atoms. The van der Waals surface area contributed by atoms with E-state index in [-0.39, 0.29) is 5.69 Å². The Morgan fingerprint density at radius 2 is 2.07 bits per heavy atom. The zero-order chi connectivity index (χ0) is 21.7. The van der Waals surface area contributed by atoms with Crippen LogP contribution in [0, 0.1) is 11.7 Å². The molecule has 1 saturated heterocycles. The molecule has 11 heteroatoms. The van der Waals surface area contributed by atoms with Crippen LogP contribution in [0.2, 0.25) is 5.15 Å². The topological polar surface area (TPSA) is 50.2 Å². The van der Waals surface area contributed by atoms with Gasteiger partial charge in [-0.1, -0.05) is 29.9 Å². The molecule has 1 aromatic heterocycles. The molecule has 29 heavy (non-hydrogen) atoms. The Morgan fingerprint density at radius 1 is 1.41 bits per heavy atom. The van der Waals surface area contributed by atoms with Crippen molar-refractivity contribution in [2.75, 3.05) is 18.9 Å². The third-order valence-corrected chi connectivity index (χ3v) is 6.44. The zero-order valence-electron chi connectivity index (χ0n) is 15.6. The molecule has 156 valence electrons. The van der Waals surface area contributed by atoms with Gasteiger partial charge in [-0.2, -0.15) is 5.10 Å². The molecule has 0 unspecified atom stereocenters. The summed E-state index contributed by atoms with van der Waals surface area (Å²) in [5, 5.41) is 6.98. The van der Waals surface area contributed by atoms with E-state index >= 15 is 0 Å². The van der Waals surface area contributed by atoms with Gasteiger partial charge >= 0.3 is 0 Å². The van der Waals surface area contributed by atoms with Crippen molar-refractivity contribution in [1.29, 1.82) is 0 Å². The lowest BCUT2D eigenvalue weighted by atomic mass is 9.90. The maximum Gasteiger partial charge on any atom is 0.275 e. The van der Waals surface area contributed by atoms with Gasteiger partial charge in [0, 0.05) is 39.0 Å². The number of anilines is 1. The third-order valence-electron chi connectivity index (χ3n) is 4.85. The summed E-state index contributed by atoms with van der Waals surface area (Å²) in [6, 6.07) is 3.41. The van der Waals surface area contributed by atoms with E-state index in [9.17, 15) is 18.0 Å². The van der Waals surface area contributed by atoms with E-state index in [4.69, 9.17) is 23.8 Å². The average molecular weight is 510 g/mol. The van der Waals surface area contributed by atoms with Crippen LogP contribution in [0.25, 0.3) is 0 Å². The Balaban J connectivity index is 2.00. The smallest absolute Gasteiger partial charge is 0.275 e. The maximum absolute atomic E-state index is 14.1. The van der Waals surface area contributed by atoms with Crippen LogP contribution in [0.1, 0.15) is 24.0 Å². The van der Waals surface area contributed by atoms with E-state index in [1.807, 2.05) is 0 Å². The minimum Gasteiger partial charge on any atom is -0.368 e. The fraction of sp³-hybridized carbons (Fsp3) is 0.389. The van der Waals surface area contributed by atoms with Gasteiger partial charge in [-0.3, -0.25) is 9.48 Å². The second-order valence-electron chi connectivity index (χ2n) is 6.96. The summed E-state index contributed by atoms with van der Waals surface area (Å²) in [7, 11) is 3.39. The molecule has 1 aliphatic rings.